The molecule has 0 saturated heterocycles. The first kappa shape index (κ1) is 26.5. The highest BCUT2D eigenvalue weighted by molar-refractivity contribution is 6.10. The summed E-state index contributed by atoms with van der Waals surface area (Å²) in [5, 5.41) is 5.61. The molecule has 0 N–H and O–H groups in total. The Hall–Kier alpha value is -4.68. The first-order valence-electron chi connectivity index (χ1n) is 17.1. The summed E-state index contributed by atoms with van der Waals surface area (Å²) in [6.07, 6.45) is 10.9. The van der Waals surface area contributed by atoms with Crippen LogP contribution in [-0.2, 0) is 11.8 Å². The number of allylic oxidation sites excluding steroid dienone is 3. The topological polar surface area (TPSA) is 0 Å². The van der Waals surface area contributed by atoms with Gasteiger partial charge < -0.3 is 0 Å². The quantitative estimate of drug-likeness (QED) is 0.192. The Bertz CT molecular complexity index is 2310. The molecule has 3 unspecified atom stereocenters. The van der Waals surface area contributed by atoms with E-state index in [-0.39, 0.29) is 16.7 Å². The predicted octanol–water partition coefficient (Wildman–Crippen LogP) is 12.3. The molecule has 0 spiro atoms. The summed E-state index contributed by atoms with van der Waals surface area (Å²) < 4.78 is 0. The van der Waals surface area contributed by atoms with Gasteiger partial charge in [0.2, 0.25) is 0 Å². The van der Waals surface area contributed by atoms with Crippen LogP contribution < -0.4 is 0 Å². The fraction of sp³-hybridized carbons (Fsp3) is 0.217. The van der Waals surface area contributed by atoms with Crippen LogP contribution in [0.25, 0.3) is 55.4 Å². The third-order valence-electron chi connectivity index (χ3n) is 12.8. The van der Waals surface area contributed by atoms with Crippen LogP contribution >= 0.6 is 0 Å². The molecule has 6 aromatic carbocycles. The molecule has 0 heteroatoms. The lowest BCUT2D eigenvalue weighted by Gasteiger charge is -2.37. The van der Waals surface area contributed by atoms with Crippen LogP contribution in [0.1, 0.15) is 78.8 Å². The largest absolute Gasteiger partial charge is 0.0753 e. The molecular weight excluding hydrogens is 553 g/mol. The molecule has 10 rings (SSSR count). The molecule has 6 aromatic rings. The van der Waals surface area contributed by atoms with Crippen molar-refractivity contribution in [3.8, 4) is 22.3 Å². The molecule has 0 nitrogen and oxygen atoms in total. The van der Waals surface area contributed by atoms with Crippen molar-refractivity contribution in [1.82, 2.24) is 0 Å². The number of fused-ring (bicyclic) bond motifs is 6. The monoisotopic (exact) mass is 590 g/mol. The Morgan fingerprint density at radius 1 is 0.674 bits per heavy atom. The van der Waals surface area contributed by atoms with Crippen LogP contribution in [0, 0.1) is 5.41 Å². The SMILES string of the molecule is CC12CCC(c3c1c(-c1ccccc1)c1ccc(C4C=Cc5ccc6cccc7c6c5C4=CC7)cc1c3-c1ccccc1)C2(C)C. The second kappa shape index (κ2) is 9.20. The van der Waals surface area contributed by atoms with E-state index in [1.165, 1.54) is 84.5 Å². The van der Waals surface area contributed by atoms with E-state index in [9.17, 15) is 0 Å². The normalized spacial score (nSPS) is 23.2. The van der Waals surface area contributed by atoms with Gasteiger partial charge in [-0.3, -0.25) is 0 Å². The number of rotatable bonds is 3. The van der Waals surface area contributed by atoms with Crippen molar-refractivity contribution in [3.05, 3.63) is 155 Å². The zero-order valence-electron chi connectivity index (χ0n) is 26.9. The van der Waals surface area contributed by atoms with Crippen molar-refractivity contribution in [3.63, 3.8) is 0 Å². The van der Waals surface area contributed by atoms with Crippen LogP contribution in [-0.4, -0.2) is 0 Å². The van der Waals surface area contributed by atoms with Gasteiger partial charge in [-0.1, -0.05) is 142 Å². The molecule has 3 atom stereocenters. The van der Waals surface area contributed by atoms with Crippen LogP contribution in [0.4, 0.5) is 0 Å². The second-order valence-electron chi connectivity index (χ2n) is 15.0. The molecule has 4 aliphatic carbocycles. The first-order valence-corrected chi connectivity index (χ1v) is 17.1. The fourth-order valence-corrected chi connectivity index (χ4v) is 10.2. The molecule has 46 heavy (non-hydrogen) atoms. The second-order valence-corrected chi connectivity index (χ2v) is 15.0. The summed E-state index contributed by atoms with van der Waals surface area (Å²) in [5.41, 5.74) is 16.3. The van der Waals surface area contributed by atoms with E-state index in [2.05, 4.69) is 148 Å². The Balaban J connectivity index is 1.28. The van der Waals surface area contributed by atoms with Gasteiger partial charge in [-0.2, -0.15) is 0 Å². The third-order valence-corrected chi connectivity index (χ3v) is 12.8. The van der Waals surface area contributed by atoms with Crippen molar-refractivity contribution in [2.24, 2.45) is 5.41 Å². The molecule has 4 aliphatic rings. The Morgan fingerprint density at radius 2 is 1.43 bits per heavy atom. The van der Waals surface area contributed by atoms with Gasteiger partial charge in [0.1, 0.15) is 0 Å². The van der Waals surface area contributed by atoms with Gasteiger partial charge in [-0.25, -0.2) is 0 Å². The van der Waals surface area contributed by atoms with E-state index in [4.69, 9.17) is 0 Å². The maximum absolute atomic E-state index is 2.58. The van der Waals surface area contributed by atoms with Gasteiger partial charge in [0.05, 0.1) is 0 Å². The highest BCUT2D eigenvalue weighted by Crippen LogP contribution is 2.71. The predicted molar refractivity (Wildman–Crippen MR) is 195 cm³/mol. The zero-order valence-corrected chi connectivity index (χ0v) is 26.9. The van der Waals surface area contributed by atoms with E-state index >= 15 is 0 Å². The molecule has 0 heterocycles. The molecule has 1 saturated carbocycles. The Labute approximate surface area is 272 Å². The minimum Gasteiger partial charge on any atom is -0.0753 e. The molecule has 2 bridgehead atoms. The lowest BCUT2D eigenvalue weighted by molar-refractivity contribution is 0.231. The van der Waals surface area contributed by atoms with Crippen LogP contribution in [0.15, 0.2) is 121 Å². The summed E-state index contributed by atoms with van der Waals surface area (Å²) in [6, 6.07) is 41.5. The summed E-state index contributed by atoms with van der Waals surface area (Å²) in [6.45, 7) is 7.66. The number of hydrogen-bond acceptors (Lipinski definition) is 0. The Morgan fingerprint density at radius 3 is 2.22 bits per heavy atom. The van der Waals surface area contributed by atoms with Crippen LogP contribution in [0.2, 0.25) is 0 Å². The van der Waals surface area contributed by atoms with Crippen molar-refractivity contribution in [2.75, 3.05) is 0 Å². The first-order chi connectivity index (χ1) is 22.5. The fourth-order valence-electron chi connectivity index (χ4n) is 10.2. The third kappa shape index (κ3) is 3.30. The maximum atomic E-state index is 2.58. The van der Waals surface area contributed by atoms with E-state index in [0.717, 1.165) is 6.42 Å². The van der Waals surface area contributed by atoms with E-state index < -0.39 is 0 Å². The summed E-state index contributed by atoms with van der Waals surface area (Å²) in [7, 11) is 0. The molecule has 0 aliphatic heterocycles. The van der Waals surface area contributed by atoms with E-state index in [1.807, 2.05) is 0 Å². The number of hydrogen-bond donors (Lipinski definition) is 0. The average Bonchev–Trinajstić information content (AvgIpc) is 3.43. The standard InChI is InChI=1S/C46H38/c1-45(2)38-25-26-46(45,3)44-42(29-13-8-5-9-14-29)36-24-21-33(27-37(36)41(43(38)44)28-11-6-4-7-12-28)34-22-19-32-18-17-30-15-10-16-31-20-23-35(34)40(32)39(30)31/h4-19,21-24,27,34,38H,20,25-26H2,1-3H3. The zero-order chi connectivity index (χ0) is 30.8. The molecule has 222 valence electrons. The van der Waals surface area contributed by atoms with Crippen molar-refractivity contribution >= 4 is 33.2 Å². The minimum atomic E-state index is 0.135. The summed E-state index contributed by atoms with van der Waals surface area (Å²) in [4.78, 5) is 0. The smallest absolute Gasteiger partial charge is 0.0276 e. The van der Waals surface area contributed by atoms with Crippen molar-refractivity contribution < 1.29 is 0 Å². The molecule has 0 amide bonds. The summed E-state index contributed by atoms with van der Waals surface area (Å²) in [5.74, 6) is 0.781. The summed E-state index contributed by atoms with van der Waals surface area (Å²) >= 11 is 0. The lowest BCUT2D eigenvalue weighted by atomic mass is 9.67. The van der Waals surface area contributed by atoms with Crippen LogP contribution in [0.5, 0.6) is 0 Å². The average molecular weight is 591 g/mol. The molecule has 1 fully saturated rings. The van der Waals surface area contributed by atoms with Crippen molar-refractivity contribution in [2.45, 2.75) is 57.3 Å². The molecular formula is C46H38. The van der Waals surface area contributed by atoms with Crippen LogP contribution in [0.3, 0.4) is 0 Å². The molecule has 0 radical (unpaired) electrons. The maximum Gasteiger partial charge on any atom is 0.0276 e. The highest BCUT2D eigenvalue weighted by Gasteiger charge is 2.61. The Kier molecular flexibility index (Phi) is 5.31. The van der Waals surface area contributed by atoms with Gasteiger partial charge in [0.25, 0.3) is 0 Å². The number of benzene rings is 6. The van der Waals surface area contributed by atoms with E-state index in [1.54, 1.807) is 11.1 Å². The van der Waals surface area contributed by atoms with Gasteiger partial charge in [0.15, 0.2) is 0 Å². The van der Waals surface area contributed by atoms with E-state index in [0.29, 0.717) is 5.92 Å². The minimum absolute atomic E-state index is 0.135. The van der Waals surface area contributed by atoms with Gasteiger partial charge in [-0.15, -0.1) is 0 Å². The van der Waals surface area contributed by atoms with Gasteiger partial charge >= 0.3 is 0 Å². The van der Waals surface area contributed by atoms with Crippen molar-refractivity contribution in [1.29, 1.82) is 0 Å². The molecule has 0 aromatic heterocycles. The van der Waals surface area contributed by atoms with Gasteiger partial charge in [-0.05, 0) is 125 Å². The highest BCUT2D eigenvalue weighted by atomic mass is 14.6. The van der Waals surface area contributed by atoms with Gasteiger partial charge in [0, 0.05) is 5.92 Å². The lowest BCUT2D eigenvalue weighted by Crippen LogP contribution is -2.31.